The van der Waals surface area contributed by atoms with Crippen LogP contribution in [0.2, 0.25) is 0 Å². The Morgan fingerprint density at radius 3 is 2.67 bits per heavy atom. The molecular formula is C20H21N3O3S. The van der Waals surface area contributed by atoms with Crippen molar-refractivity contribution >= 4 is 34.3 Å². The van der Waals surface area contributed by atoms with E-state index in [0.29, 0.717) is 22.2 Å². The molecule has 2 aromatic carbocycles. The van der Waals surface area contributed by atoms with E-state index >= 15 is 0 Å². The Labute approximate surface area is 162 Å². The third kappa shape index (κ3) is 4.31. The molecule has 0 aliphatic heterocycles. The van der Waals surface area contributed by atoms with E-state index < -0.39 is 0 Å². The molecule has 1 heterocycles. The zero-order chi connectivity index (χ0) is 19.2. The highest BCUT2D eigenvalue weighted by Crippen LogP contribution is 2.28. The van der Waals surface area contributed by atoms with E-state index in [1.165, 1.54) is 18.9 Å². The van der Waals surface area contributed by atoms with E-state index in [9.17, 15) is 4.79 Å². The summed E-state index contributed by atoms with van der Waals surface area (Å²) in [7, 11) is 3.11. The molecule has 0 saturated carbocycles. The Bertz CT molecular complexity index is 962. The van der Waals surface area contributed by atoms with E-state index in [-0.39, 0.29) is 11.5 Å². The fourth-order valence-electron chi connectivity index (χ4n) is 2.66. The second-order valence-electron chi connectivity index (χ2n) is 5.68. The highest BCUT2D eigenvalue weighted by atomic mass is 32.2. The molecule has 6 nitrogen and oxygen atoms in total. The second kappa shape index (κ2) is 8.73. The molecule has 27 heavy (non-hydrogen) atoms. The van der Waals surface area contributed by atoms with Crippen molar-refractivity contribution in [2.24, 2.45) is 0 Å². The van der Waals surface area contributed by atoms with Crippen molar-refractivity contribution in [3.63, 3.8) is 0 Å². The van der Waals surface area contributed by atoms with E-state index in [2.05, 4.69) is 15.3 Å². The van der Waals surface area contributed by atoms with Gasteiger partial charge in [-0.05, 0) is 31.2 Å². The number of hydrogen-bond acceptors (Lipinski definition) is 7. The molecule has 0 radical (unpaired) electrons. The number of nitrogens with zero attached hydrogens (tertiary/aromatic N) is 2. The average Bonchev–Trinajstić information content (AvgIpc) is 2.71. The molecule has 1 aromatic heterocycles. The van der Waals surface area contributed by atoms with Crippen LogP contribution in [-0.2, 0) is 0 Å². The number of methoxy groups -OCH3 is 2. The molecule has 0 atom stereocenters. The molecule has 0 saturated heterocycles. The van der Waals surface area contributed by atoms with Gasteiger partial charge < -0.3 is 14.8 Å². The molecule has 0 spiro atoms. The number of fused-ring (bicyclic) bond motifs is 1. The van der Waals surface area contributed by atoms with Gasteiger partial charge in [0, 0.05) is 18.0 Å². The molecule has 0 bridgehead atoms. The predicted molar refractivity (Wildman–Crippen MR) is 108 cm³/mol. The van der Waals surface area contributed by atoms with Gasteiger partial charge in [-0.15, -0.1) is 0 Å². The Hall–Kier alpha value is -2.80. The molecule has 0 amide bonds. The fraction of sp³-hybridized carbons (Fsp3) is 0.250. The Balaban J connectivity index is 1.81. The molecule has 1 N–H and O–H groups in total. The number of anilines is 1. The molecule has 3 rings (SSSR count). The molecule has 3 aromatic rings. The second-order valence-corrected chi connectivity index (χ2v) is 6.62. The Morgan fingerprint density at radius 1 is 1.11 bits per heavy atom. The first-order chi connectivity index (χ1) is 13.2. The number of nitrogens with one attached hydrogen (secondary N) is 1. The first kappa shape index (κ1) is 19.0. The molecule has 0 unspecified atom stereocenters. The van der Waals surface area contributed by atoms with Crippen molar-refractivity contribution < 1.29 is 14.3 Å². The van der Waals surface area contributed by atoms with Crippen molar-refractivity contribution in [2.75, 3.05) is 31.8 Å². The first-order valence-electron chi connectivity index (χ1n) is 8.55. The van der Waals surface area contributed by atoms with Crippen LogP contribution >= 0.6 is 11.8 Å². The fourth-order valence-corrected chi connectivity index (χ4v) is 3.39. The largest absolute Gasteiger partial charge is 0.497 e. The number of ether oxygens (including phenoxy) is 2. The third-order valence-electron chi connectivity index (χ3n) is 3.97. The summed E-state index contributed by atoms with van der Waals surface area (Å²) in [6.45, 7) is 2.77. The van der Waals surface area contributed by atoms with Crippen LogP contribution in [0.1, 0.15) is 17.3 Å². The zero-order valence-electron chi connectivity index (χ0n) is 15.5. The maximum atomic E-state index is 12.7. The number of carbonyl (C=O) groups is 1. The number of carbonyl (C=O) groups excluding carboxylic acids is 1. The molecule has 0 aliphatic rings. The summed E-state index contributed by atoms with van der Waals surface area (Å²) in [6.07, 6.45) is 0. The number of benzene rings is 2. The van der Waals surface area contributed by atoms with Gasteiger partial charge in [-0.1, -0.05) is 23.9 Å². The van der Waals surface area contributed by atoms with E-state index in [4.69, 9.17) is 9.47 Å². The maximum Gasteiger partial charge on any atom is 0.190 e. The number of para-hydroxylation sites is 1. The number of thioether (sulfide) groups is 1. The van der Waals surface area contributed by atoms with Gasteiger partial charge in [0.05, 0.1) is 31.1 Å². The SMILES string of the molecule is CCNc1nc(SCC(=O)c2ccc(OC)cc2OC)nc2ccccc12. The van der Waals surface area contributed by atoms with Crippen molar-refractivity contribution in [1.29, 1.82) is 0 Å². The lowest BCUT2D eigenvalue weighted by Crippen LogP contribution is -2.07. The molecular weight excluding hydrogens is 362 g/mol. The highest BCUT2D eigenvalue weighted by Gasteiger charge is 2.15. The van der Waals surface area contributed by atoms with Crippen molar-refractivity contribution in [3.05, 3.63) is 48.0 Å². The number of ketones is 1. The van der Waals surface area contributed by atoms with Crippen molar-refractivity contribution in [3.8, 4) is 11.5 Å². The van der Waals surface area contributed by atoms with Crippen LogP contribution < -0.4 is 14.8 Å². The van der Waals surface area contributed by atoms with Crippen LogP contribution in [0.15, 0.2) is 47.6 Å². The van der Waals surface area contributed by atoms with Gasteiger partial charge in [0.2, 0.25) is 0 Å². The minimum Gasteiger partial charge on any atom is -0.497 e. The summed E-state index contributed by atoms with van der Waals surface area (Å²) in [5, 5.41) is 4.78. The number of Topliss-reactive ketones (excluding diaryl/α,β-unsaturated/α-hetero) is 1. The van der Waals surface area contributed by atoms with Gasteiger partial charge >= 0.3 is 0 Å². The smallest absolute Gasteiger partial charge is 0.190 e. The standard InChI is InChI=1S/C20H21N3O3S/c1-4-21-19-14-7-5-6-8-16(14)22-20(23-19)27-12-17(24)15-10-9-13(25-2)11-18(15)26-3/h5-11H,4,12H2,1-3H3,(H,21,22,23). The number of rotatable bonds is 8. The van der Waals surface area contributed by atoms with Gasteiger partial charge in [-0.2, -0.15) is 0 Å². The van der Waals surface area contributed by atoms with E-state index in [1.807, 2.05) is 31.2 Å². The monoisotopic (exact) mass is 383 g/mol. The first-order valence-corrected chi connectivity index (χ1v) is 9.53. The van der Waals surface area contributed by atoms with Crippen LogP contribution in [0.5, 0.6) is 11.5 Å². The molecule has 7 heteroatoms. The van der Waals surface area contributed by atoms with Crippen LogP contribution in [0.25, 0.3) is 10.9 Å². The quantitative estimate of drug-likeness (QED) is 0.357. The van der Waals surface area contributed by atoms with Crippen molar-refractivity contribution in [1.82, 2.24) is 9.97 Å². The lowest BCUT2D eigenvalue weighted by atomic mass is 10.1. The minimum absolute atomic E-state index is 0.0544. The zero-order valence-corrected chi connectivity index (χ0v) is 16.3. The maximum absolute atomic E-state index is 12.7. The Kier molecular flexibility index (Phi) is 6.13. The highest BCUT2D eigenvalue weighted by molar-refractivity contribution is 7.99. The molecule has 140 valence electrons. The van der Waals surface area contributed by atoms with Crippen LogP contribution in [0.3, 0.4) is 0 Å². The normalized spacial score (nSPS) is 10.6. The minimum atomic E-state index is -0.0544. The lowest BCUT2D eigenvalue weighted by Gasteiger charge is -2.10. The summed E-state index contributed by atoms with van der Waals surface area (Å²) in [6, 6.07) is 13.0. The van der Waals surface area contributed by atoms with Gasteiger partial charge in [0.1, 0.15) is 17.3 Å². The Morgan fingerprint density at radius 2 is 1.93 bits per heavy atom. The van der Waals surface area contributed by atoms with Crippen LogP contribution in [0.4, 0.5) is 5.82 Å². The summed E-state index contributed by atoms with van der Waals surface area (Å²) >= 11 is 1.31. The number of aromatic nitrogens is 2. The van der Waals surface area contributed by atoms with Crippen molar-refractivity contribution in [2.45, 2.75) is 12.1 Å². The van der Waals surface area contributed by atoms with E-state index in [1.54, 1.807) is 25.3 Å². The number of hydrogen-bond donors (Lipinski definition) is 1. The predicted octanol–water partition coefficient (Wildman–Crippen LogP) is 4.05. The summed E-state index contributed by atoms with van der Waals surface area (Å²) in [4.78, 5) is 21.8. The topological polar surface area (TPSA) is 73.3 Å². The lowest BCUT2D eigenvalue weighted by molar-refractivity contribution is 0.101. The average molecular weight is 383 g/mol. The van der Waals surface area contributed by atoms with Gasteiger partial charge in [-0.25, -0.2) is 9.97 Å². The van der Waals surface area contributed by atoms with Gasteiger partial charge in [-0.3, -0.25) is 4.79 Å². The van der Waals surface area contributed by atoms with E-state index in [0.717, 1.165) is 23.3 Å². The van der Waals surface area contributed by atoms with Gasteiger partial charge in [0.15, 0.2) is 10.9 Å². The summed E-state index contributed by atoms with van der Waals surface area (Å²) in [5.41, 5.74) is 1.36. The van der Waals surface area contributed by atoms with Gasteiger partial charge in [0.25, 0.3) is 0 Å². The third-order valence-corrected chi connectivity index (χ3v) is 4.82. The molecule has 0 aliphatic carbocycles. The molecule has 0 fully saturated rings. The van der Waals surface area contributed by atoms with Crippen LogP contribution in [-0.4, -0.2) is 42.3 Å². The summed E-state index contributed by atoms with van der Waals surface area (Å²) < 4.78 is 10.5. The summed E-state index contributed by atoms with van der Waals surface area (Å²) in [5.74, 6) is 2.07. The van der Waals surface area contributed by atoms with Crippen LogP contribution in [0, 0.1) is 0 Å².